The Balaban J connectivity index is 2.24. The normalized spacial score (nSPS) is 28.6. The van der Waals surface area contributed by atoms with Gasteiger partial charge in [-0.15, -0.1) is 0 Å². The predicted molar refractivity (Wildman–Crippen MR) is 71.4 cm³/mol. The zero-order chi connectivity index (χ0) is 12.5. The second kappa shape index (κ2) is 5.25. The van der Waals surface area contributed by atoms with Gasteiger partial charge in [-0.25, -0.2) is 4.39 Å². The summed E-state index contributed by atoms with van der Waals surface area (Å²) in [5, 5.41) is 1.37. The largest absolute Gasteiger partial charge is 0.378 e. The van der Waals surface area contributed by atoms with Crippen LogP contribution in [0.25, 0.3) is 0 Å². The fourth-order valence-corrected chi connectivity index (χ4v) is 3.49. The van der Waals surface area contributed by atoms with Crippen molar-refractivity contribution >= 4 is 27.5 Å². The van der Waals surface area contributed by atoms with Gasteiger partial charge in [0.2, 0.25) is 0 Å². The number of halogens is 3. The molecule has 1 aliphatic heterocycles. The van der Waals surface area contributed by atoms with Gasteiger partial charge in [-0.2, -0.15) is 0 Å². The molecule has 1 aliphatic rings. The first kappa shape index (κ1) is 13.3. The lowest BCUT2D eigenvalue weighted by molar-refractivity contribution is 0.0746. The van der Waals surface area contributed by atoms with E-state index in [0.29, 0.717) is 5.02 Å². The van der Waals surface area contributed by atoms with Gasteiger partial charge in [-0.05, 0) is 37.5 Å². The van der Waals surface area contributed by atoms with Crippen molar-refractivity contribution in [2.45, 2.75) is 25.9 Å². The maximum absolute atomic E-state index is 13.0. The minimum absolute atomic E-state index is 0.0709. The lowest BCUT2D eigenvalue weighted by atomic mass is 9.78. The van der Waals surface area contributed by atoms with E-state index in [1.54, 1.807) is 6.07 Å². The lowest BCUT2D eigenvalue weighted by Gasteiger charge is -2.30. The molecule has 0 radical (unpaired) electrons. The van der Waals surface area contributed by atoms with Gasteiger partial charge in [-0.3, -0.25) is 0 Å². The zero-order valence-corrected chi connectivity index (χ0v) is 12.0. The maximum Gasteiger partial charge on any atom is 0.124 e. The summed E-state index contributed by atoms with van der Waals surface area (Å²) in [6, 6.07) is 4.61. The summed E-state index contributed by atoms with van der Waals surface area (Å²) in [7, 11) is 0. The van der Waals surface area contributed by atoms with Crippen LogP contribution in [0.1, 0.15) is 18.9 Å². The van der Waals surface area contributed by atoms with Crippen molar-refractivity contribution in [3.05, 3.63) is 34.6 Å². The summed E-state index contributed by atoms with van der Waals surface area (Å²) < 4.78 is 18.6. The van der Waals surface area contributed by atoms with Crippen LogP contribution in [0.3, 0.4) is 0 Å². The van der Waals surface area contributed by atoms with Gasteiger partial charge in [0.15, 0.2) is 0 Å². The number of ether oxygens (including phenoxy) is 1. The Morgan fingerprint density at radius 2 is 2.35 bits per heavy atom. The van der Waals surface area contributed by atoms with Crippen molar-refractivity contribution in [3.63, 3.8) is 0 Å². The van der Waals surface area contributed by atoms with E-state index in [2.05, 4.69) is 22.9 Å². The third-order valence-electron chi connectivity index (χ3n) is 3.65. The summed E-state index contributed by atoms with van der Waals surface area (Å²) in [4.78, 5) is 0. The molecule has 0 N–H and O–H groups in total. The van der Waals surface area contributed by atoms with E-state index in [1.165, 1.54) is 12.1 Å². The Bertz CT molecular complexity index is 412. The Labute approximate surface area is 114 Å². The molecule has 1 aromatic rings. The highest BCUT2D eigenvalue weighted by molar-refractivity contribution is 9.09. The maximum atomic E-state index is 13.0. The van der Waals surface area contributed by atoms with Gasteiger partial charge >= 0.3 is 0 Å². The van der Waals surface area contributed by atoms with Crippen LogP contribution in [0.4, 0.5) is 4.39 Å². The average Bonchev–Trinajstić information content (AvgIpc) is 2.65. The number of alkyl halides is 1. The van der Waals surface area contributed by atoms with E-state index in [-0.39, 0.29) is 17.3 Å². The number of hydrogen-bond donors (Lipinski definition) is 0. The minimum Gasteiger partial charge on any atom is -0.378 e. The molecular formula is C13H15BrClFO. The first-order valence-electron chi connectivity index (χ1n) is 5.69. The first-order valence-corrected chi connectivity index (χ1v) is 7.19. The van der Waals surface area contributed by atoms with Gasteiger partial charge in [-0.1, -0.05) is 33.6 Å². The van der Waals surface area contributed by atoms with Gasteiger partial charge in [0.25, 0.3) is 0 Å². The van der Waals surface area contributed by atoms with Crippen LogP contribution in [-0.4, -0.2) is 18.0 Å². The Hall–Kier alpha value is -0.120. The highest BCUT2D eigenvalue weighted by atomic mass is 79.9. The first-order chi connectivity index (χ1) is 8.07. The van der Waals surface area contributed by atoms with E-state index in [0.717, 1.165) is 30.3 Å². The van der Waals surface area contributed by atoms with Crippen LogP contribution in [0.2, 0.25) is 5.02 Å². The summed E-state index contributed by atoms with van der Waals surface area (Å²) in [6.07, 6.45) is 2.02. The molecule has 2 unspecified atom stereocenters. The standard InChI is InChI=1S/C13H15BrClFO/c1-9-13(8-14,4-5-17-9)7-10-2-3-11(16)6-12(10)15/h2-3,6,9H,4-5,7-8H2,1H3. The summed E-state index contributed by atoms with van der Waals surface area (Å²) in [5.74, 6) is -0.289. The fraction of sp³-hybridized carbons (Fsp3) is 0.538. The second-order valence-corrected chi connectivity index (χ2v) is 5.64. The van der Waals surface area contributed by atoms with Crippen molar-refractivity contribution in [3.8, 4) is 0 Å². The number of rotatable bonds is 3. The predicted octanol–water partition coefficient (Wildman–Crippen LogP) is 4.21. The number of benzene rings is 1. The van der Waals surface area contributed by atoms with Crippen LogP contribution in [0.15, 0.2) is 18.2 Å². The van der Waals surface area contributed by atoms with Gasteiger partial charge in [0, 0.05) is 22.4 Å². The lowest BCUT2D eigenvalue weighted by Crippen LogP contribution is -2.33. The molecular weight excluding hydrogens is 306 g/mol. The van der Waals surface area contributed by atoms with E-state index in [4.69, 9.17) is 16.3 Å². The summed E-state index contributed by atoms with van der Waals surface area (Å²) in [6.45, 7) is 2.87. The molecule has 94 valence electrons. The van der Waals surface area contributed by atoms with E-state index in [9.17, 15) is 4.39 Å². The molecule has 1 saturated heterocycles. The van der Waals surface area contributed by atoms with Crippen molar-refractivity contribution in [2.24, 2.45) is 5.41 Å². The Morgan fingerprint density at radius 1 is 1.59 bits per heavy atom. The molecule has 1 fully saturated rings. The SMILES string of the molecule is CC1OCCC1(CBr)Cc1ccc(F)cc1Cl. The minimum atomic E-state index is -0.289. The van der Waals surface area contributed by atoms with Crippen LogP contribution >= 0.6 is 27.5 Å². The molecule has 2 rings (SSSR count). The van der Waals surface area contributed by atoms with Crippen molar-refractivity contribution in [1.82, 2.24) is 0 Å². The van der Waals surface area contributed by atoms with Crippen LogP contribution in [0.5, 0.6) is 0 Å². The molecule has 1 aromatic carbocycles. The van der Waals surface area contributed by atoms with Gasteiger partial charge in [0.05, 0.1) is 6.10 Å². The van der Waals surface area contributed by atoms with Crippen molar-refractivity contribution in [2.75, 3.05) is 11.9 Å². The van der Waals surface area contributed by atoms with E-state index in [1.807, 2.05) is 0 Å². The molecule has 1 heterocycles. The Kier molecular flexibility index (Phi) is 4.11. The quantitative estimate of drug-likeness (QED) is 0.758. The third kappa shape index (κ3) is 2.67. The van der Waals surface area contributed by atoms with E-state index < -0.39 is 0 Å². The van der Waals surface area contributed by atoms with Gasteiger partial charge in [0.1, 0.15) is 5.82 Å². The molecule has 0 bridgehead atoms. The Morgan fingerprint density at radius 3 is 2.88 bits per heavy atom. The van der Waals surface area contributed by atoms with Crippen molar-refractivity contribution < 1.29 is 9.13 Å². The third-order valence-corrected chi connectivity index (χ3v) is 5.12. The molecule has 1 nitrogen and oxygen atoms in total. The molecule has 17 heavy (non-hydrogen) atoms. The highest BCUT2D eigenvalue weighted by Crippen LogP contribution is 2.41. The fourth-order valence-electron chi connectivity index (χ4n) is 2.32. The molecule has 0 aliphatic carbocycles. The number of hydrogen-bond acceptors (Lipinski definition) is 1. The molecule has 0 amide bonds. The molecule has 0 aromatic heterocycles. The molecule has 0 saturated carbocycles. The highest BCUT2D eigenvalue weighted by Gasteiger charge is 2.40. The average molecular weight is 322 g/mol. The monoisotopic (exact) mass is 320 g/mol. The zero-order valence-electron chi connectivity index (χ0n) is 9.68. The molecule has 2 atom stereocenters. The molecule has 0 spiro atoms. The second-order valence-electron chi connectivity index (χ2n) is 4.67. The summed E-state index contributed by atoms with van der Waals surface area (Å²) >= 11 is 9.65. The topological polar surface area (TPSA) is 9.23 Å². The summed E-state index contributed by atoms with van der Waals surface area (Å²) in [5.41, 5.74) is 1.06. The van der Waals surface area contributed by atoms with E-state index >= 15 is 0 Å². The van der Waals surface area contributed by atoms with Crippen LogP contribution in [-0.2, 0) is 11.2 Å². The van der Waals surface area contributed by atoms with Crippen molar-refractivity contribution in [1.29, 1.82) is 0 Å². The van der Waals surface area contributed by atoms with Gasteiger partial charge < -0.3 is 4.74 Å². The van der Waals surface area contributed by atoms with Crippen LogP contribution < -0.4 is 0 Å². The van der Waals surface area contributed by atoms with Crippen LogP contribution in [0, 0.1) is 11.2 Å². The molecule has 4 heteroatoms. The smallest absolute Gasteiger partial charge is 0.124 e.